The van der Waals surface area contributed by atoms with E-state index in [1.807, 2.05) is 12.1 Å². The molecule has 1 unspecified atom stereocenters. The van der Waals surface area contributed by atoms with E-state index in [4.69, 9.17) is 10.5 Å². The van der Waals surface area contributed by atoms with E-state index in [0.717, 1.165) is 5.56 Å². The lowest BCUT2D eigenvalue weighted by Gasteiger charge is -2.15. The van der Waals surface area contributed by atoms with E-state index in [1.54, 1.807) is 12.1 Å². The molecular formula is C11H8Br2N2. The van der Waals surface area contributed by atoms with Crippen LogP contribution in [0, 0.1) is 22.7 Å². The summed E-state index contributed by atoms with van der Waals surface area (Å²) in [4.78, 5) is 0. The maximum absolute atomic E-state index is 8.97. The molecule has 0 saturated carbocycles. The highest BCUT2D eigenvalue weighted by Gasteiger charge is 2.25. The second kappa shape index (κ2) is 5.30. The minimum atomic E-state index is -0.568. The van der Waals surface area contributed by atoms with E-state index in [0.29, 0.717) is 17.3 Å². The van der Waals surface area contributed by atoms with Crippen LogP contribution in [-0.4, -0.2) is 9.65 Å². The molecule has 0 spiro atoms. The zero-order chi connectivity index (χ0) is 11.3. The van der Waals surface area contributed by atoms with Gasteiger partial charge in [-0.25, -0.2) is 0 Å². The van der Waals surface area contributed by atoms with Crippen LogP contribution < -0.4 is 0 Å². The van der Waals surface area contributed by atoms with Crippen molar-refractivity contribution in [1.29, 1.82) is 10.5 Å². The van der Waals surface area contributed by atoms with Gasteiger partial charge in [-0.3, -0.25) is 0 Å². The van der Waals surface area contributed by atoms with Crippen LogP contribution in [0.25, 0.3) is 0 Å². The highest BCUT2D eigenvalue weighted by molar-refractivity contribution is 9.12. The molecule has 15 heavy (non-hydrogen) atoms. The molecular weight excluding hydrogens is 320 g/mol. The predicted molar refractivity (Wildman–Crippen MR) is 65.9 cm³/mol. The van der Waals surface area contributed by atoms with Crippen molar-refractivity contribution in [2.45, 2.75) is 10.7 Å². The molecule has 1 atom stereocenters. The third-order valence-corrected chi connectivity index (χ3v) is 4.43. The van der Waals surface area contributed by atoms with Crippen molar-refractivity contribution in [2.75, 3.05) is 5.33 Å². The molecule has 0 fully saturated rings. The van der Waals surface area contributed by atoms with E-state index >= 15 is 0 Å². The summed E-state index contributed by atoms with van der Waals surface area (Å²) in [6, 6.07) is 11.5. The first kappa shape index (κ1) is 12.2. The lowest BCUT2D eigenvalue weighted by Crippen LogP contribution is -2.23. The van der Waals surface area contributed by atoms with Gasteiger partial charge in [0, 0.05) is 11.8 Å². The smallest absolute Gasteiger partial charge is 0.126 e. The largest absolute Gasteiger partial charge is 0.197 e. The van der Waals surface area contributed by atoms with Crippen LogP contribution in [-0.2, 0) is 6.42 Å². The van der Waals surface area contributed by atoms with Gasteiger partial charge in [-0.1, -0.05) is 44.0 Å². The zero-order valence-corrected chi connectivity index (χ0v) is 11.0. The predicted octanol–water partition coefficient (Wildman–Crippen LogP) is 3.15. The Bertz CT molecular complexity index is 414. The Labute approximate surface area is 106 Å². The van der Waals surface area contributed by atoms with Crippen LogP contribution in [0.2, 0.25) is 0 Å². The van der Waals surface area contributed by atoms with E-state index in [-0.39, 0.29) is 0 Å². The lowest BCUT2D eigenvalue weighted by atomic mass is 10.0. The van der Waals surface area contributed by atoms with Crippen LogP contribution in [0.1, 0.15) is 11.1 Å². The van der Waals surface area contributed by atoms with Crippen LogP contribution in [0.5, 0.6) is 0 Å². The van der Waals surface area contributed by atoms with Gasteiger partial charge in [-0.2, -0.15) is 10.5 Å². The van der Waals surface area contributed by atoms with Crippen molar-refractivity contribution in [3.05, 3.63) is 35.4 Å². The second-order valence-electron chi connectivity index (χ2n) is 3.20. The van der Waals surface area contributed by atoms with Gasteiger partial charge in [-0.05, 0) is 17.7 Å². The third-order valence-electron chi connectivity index (χ3n) is 1.98. The Hall–Kier alpha value is -0.840. The Balaban J connectivity index is 2.83. The number of rotatable bonds is 3. The maximum atomic E-state index is 8.97. The van der Waals surface area contributed by atoms with Gasteiger partial charge in [0.2, 0.25) is 0 Å². The maximum Gasteiger partial charge on any atom is 0.126 e. The molecule has 0 saturated heterocycles. The Morgan fingerprint density at radius 1 is 1.20 bits per heavy atom. The standard InChI is InChI=1S/C11H8Br2N2/c12-7-11(13,8-15)5-9-1-3-10(6-14)4-2-9/h1-4H,5,7H2. The minimum Gasteiger partial charge on any atom is -0.197 e. The van der Waals surface area contributed by atoms with Gasteiger partial charge in [-0.15, -0.1) is 0 Å². The number of hydrogen-bond acceptors (Lipinski definition) is 2. The fraction of sp³-hybridized carbons (Fsp3) is 0.273. The molecule has 0 aliphatic rings. The molecule has 0 aliphatic heterocycles. The fourth-order valence-corrected chi connectivity index (χ4v) is 1.78. The summed E-state index contributed by atoms with van der Waals surface area (Å²) >= 11 is 6.68. The van der Waals surface area contributed by atoms with Crippen molar-refractivity contribution in [1.82, 2.24) is 0 Å². The van der Waals surface area contributed by atoms with Crippen LogP contribution in [0.3, 0.4) is 0 Å². The van der Waals surface area contributed by atoms with E-state index in [9.17, 15) is 0 Å². The molecule has 0 aliphatic carbocycles. The highest BCUT2D eigenvalue weighted by atomic mass is 79.9. The number of hydrogen-bond donors (Lipinski definition) is 0. The second-order valence-corrected chi connectivity index (χ2v) is 5.27. The summed E-state index contributed by atoms with van der Waals surface area (Å²) in [5.41, 5.74) is 1.67. The summed E-state index contributed by atoms with van der Waals surface area (Å²) in [6.45, 7) is 0. The van der Waals surface area contributed by atoms with Crippen molar-refractivity contribution in [3.63, 3.8) is 0 Å². The molecule has 1 aromatic carbocycles. The third kappa shape index (κ3) is 3.34. The molecule has 0 aromatic heterocycles. The SMILES string of the molecule is N#Cc1ccc(CC(Br)(C#N)CBr)cc1. The summed E-state index contributed by atoms with van der Waals surface area (Å²) in [5.74, 6) is 0. The summed E-state index contributed by atoms with van der Waals surface area (Å²) < 4.78 is -0.568. The number of benzene rings is 1. The number of halogens is 2. The van der Waals surface area contributed by atoms with Crippen molar-refractivity contribution in [2.24, 2.45) is 0 Å². The van der Waals surface area contributed by atoms with Crippen LogP contribution in [0.4, 0.5) is 0 Å². The molecule has 0 amide bonds. The average Bonchev–Trinajstić information content (AvgIpc) is 2.30. The number of nitriles is 2. The zero-order valence-electron chi connectivity index (χ0n) is 7.87. The van der Waals surface area contributed by atoms with Crippen molar-refractivity contribution < 1.29 is 0 Å². The van der Waals surface area contributed by atoms with Gasteiger partial charge in [0.1, 0.15) is 4.32 Å². The molecule has 0 radical (unpaired) electrons. The quantitative estimate of drug-likeness (QED) is 0.801. The normalized spacial score (nSPS) is 13.6. The van der Waals surface area contributed by atoms with Crippen molar-refractivity contribution in [3.8, 4) is 12.1 Å². The van der Waals surface area contributed by atoms with E-state index in [1.165, 1.54) is 0 Å². The molecule has 1 aromatic rings. The molecule has 0 N–H and O–H groups in total. The van der Waals surface area contributed by atoms with Gasteiger partial charge in [0.15, 0.2) is 0 Å². The number of alkyl halides is 2. The Morgan fingerprint density at radius 2 is 1.80 bits per heavy atom. The van der Waals surface area contributed by atoms with E-state index in [2.05, 4.69) is 44.0 Å². The monoisotopic (exact) mass is 326 g/mol. The molecule has 4 heteroatoms. The van der Waals surface area contributed by atoms with Gasteiger partial charge in [0.05, 0.1) is 17.7 Å². The van der Waals surface area contributed by atoms with Crippen LogP contribution in [0.15, 0.2) is 24.3 Å². The van der Waals surface area contributed by atoms with Gasteiger partial charge in [0.25, 0.3) is 0 Å². The Morgan fingerprint density at radius 3 is 2.20 bits per heavy atom. The van der Waals surface area contributed by atoms with Crippen LogP contribution >= 0.6 is 31.9 Å². The molecule has 0 heterocycles. The first-order chi connectivity index (χ1) is 7.13. The van der Waals surface area contributed by atoms with Gasteiger partial charge < -0.3 is 0 Å². The Kier molecular flexibility index (Phi) is 4.32. The first-order valence-corrected chi connectivity index (χ1v) is 6.20. The molecule has 76 valence electrons. The lowest BCUT2D eigenvalue weighted by molar-refractivity contribution is 0.830. The fourth-order valence-electron chi connectivity index (χ4n) is 1.14. The molecule has 2 nitrogen and oxygen atoms in total. The first-order valence-electron chi connectivity index (χ1n) is 4.29. The summed E-state index contributed by atoms with van der Waals surface area (Å²) in [5, 5.41) is 18.2. The van der Waals surface area contributed by atoms with Gasteiger partial charge >= 0.3 is 0 Å². The van der Waals surface area contributed by atoms with E-state index < -0.39 is 4.32 Å². The average molecular weight is 328 g/mol. The minimum absolute atomic E-state index is 0.566. The topological polar surface area (TPSA) is 47.6 Å². The summed E-state index contributed by atoms with van der Waals surface area (Å²) in [6.07, 6.45) is 0.612. The number of nitrogens with zero attached hydrogens (tertiary/aromatic N) is 2. The molecule has 1 rings (SSSR count). The van der Waals surface area contributed by atoms with Crippen molar-refractivity contribution >= 4 is 31.9 Å². The summed E-state index contributed by atoms with van der Waals surface area (Å²) in [7, 11) is 0. The highest BCUT2D eigenvalue weighted by Crippen LogP contribution is 2.25. The molecule has 0 bridgehead atoms.